The lowest BCUT2D eigenvalue weighted by atomic mass is 9.96. The Hall–Kier alpha value is -2.45. The molecule has 1 saturated heterocycles. The molecular formula is C21H22N4O2S2. The number of rotatable bonds is 5. The summed E-state index contributed by atoms with van der Waals surface area (Å²) in [6, 6.07) is 11.9. The molecule has 1 aromatic carbocycles. The molecule has 0 saturated carbocycles. The van der Waals surface area contributed by atoms with Crippen molar-refractivity contribution in [2.45, 2.75) is 30.0 Å². The van der Waals surface area contributed by atoms with Crippen LogP contribution in [0.25, 0.3) is 21.6 Å². The number of primary amides is 1. The quantitative estimate of drug-likeness (QED) is 0.498. The Labute approximate surface area is 177 Å². The van der Waals surface area contributed by atoms with Crippen LogP contribution in [0.4, 0.5) is 0 Å². The second kappa shape index (κ2) is 8.51. The third kappa shape index (κ3) is 4.28. The van der Waals surface area contributed by atoms with Gasteiger partial charge in [0.15, 0.2) is 5.82 Å². The zero-order valence-corrected chi connectivity index (χ0v) is 17.7. The fourth-order valence-electron chi connectivity index (χ4n) is 3.51. The molecule has 0 spiro atoms. The van der Waals surface area contributed by atoms with E-state index in [0.29, 0.717) is 31.8 Å². The van der Waals surface area contributed by atoms with Gasteiger partial charge in [0.2, 0.25) is 11.8 Å². The second-order valence-electron chi connectivity index (χ2n) is 7.11. The zero-order valence-electron chi connectivity index (χ0n) is 16.1. The predicted molar refractivity (Wildman–Crippen MR) is 117 cm³/mol. The summed E-state index contributed by atoms with van der Waals surface area (Å²) < 4.78 is 0. The minimum atomic E-state index is -0.283. The SMILES string of the molecule is CC(Sc1nc(-c2cccs2)nc2ccccc12)C(=O)N1CCC(C(N)=O)CC1. The number of nitrogens with two attached hydrogens (primary N) is 1. The predicted octanol–water partition coefficient (Wildman–Crippen LogP) is 3.56. The number of thiophene rings is 1. The molecule has 29 heavy (non-hydrogen) atoms. The normalized spacial score (nSPS) is 16.1. The van der Waals surface area contributed by atoms with E-state index < -0.39 is 0 Å². The number of carbonyl (C=O) groups is 2. The van der Waals surface area contributed by atoms with Gasteiger partial charge in [0, 0.05) is 24.4 Å². The molecule has 150 valence electrons. The van der Waals surface area contributed by atoms with Crippen molar-refractivity contribution in [3.8, 4) is 10.7 Å². The Morgan fingerprint density at radius 3 is 2.62 bits per heavy atom. The van der Waals surface area contributed by atoms with Crippen molar-refractivity contribution in [1.29, 1.82) is 0 Å². The first-order valence-electron chi connectivity index (χ1n) is 9.58. The van der Waals surface area contributed by atoms with Crippen LogP contribution in [-0.4, -0.2) is 45.0 Å². The van der Waals surface area contributed by atoms with E-state index in [1.54, 1.807) is 11.3 Å². The Morgan fingerprint density at radius 1 is 1.17 bits per heavy atom. The molecule has 2 N–H and O–H groups in total. The van der Waals surface area contributed by atoms with Gasteiger partial charge in [-0.15, -0.1) is 11.3 Å². The highest BCUT2D eigenvalue weighted by Crippen LogP contribution is 2.33. The molecule has 3 aromatic rings. The fourth-order valence-corrected chi connectivity index (χ4v) is 5.19. The molecule has 2 aromatic heterocycles. The molecule has 0 aliphatic carbocycles. The van der Waals surface area contributed by atoms with Gasteiger partial charge >= 0.3 is 0 Å². The van der Waals surface area contributed by atoms with Gasteiger partial charge in [-0.2, -0.15) is 0 Å². The molecule has 3 heterocycles. The van der Waals surface area contributed by atoms with Crippen LogP contribution >= 0.6 is 23.1 Å². The summed E-state index contributed by atoms with van der Waals surface area (Å²) in [6.07, 6.45) is 1.27. The van der Waals surface area contributed by atoms with Gasteiger partial charge in [0.25, 0.3) is 0 Å². The van der Waals surface area contributed by atoms with Gasteiger partial charge < -0.3 is 10.6 Å². The van der Waals surface area contributed by atoms with Crippen molar-refractivity contribution >= 4 is 45.8 Å². The maximum absolute atomic E-state index is 13.0. The first kappa shape index (κ1) is 19.8. The molecule has 1 fully saturated rings. The Kier molecular flexibility index (Phi) is 5.82. The van der Waals surface area contributed by atoms with E-state index in [4.69, 9.17) is 15.7 Å². The van der Waals surface area contributed by atoms with Crippen LogP contribution in [0.3, 0.4) is 0 Å². The molecule has 0 bridgehead atoms. The average molecular weight is 427 g/mol. The monoisotopic (exact) mass is 426 g/mol. The number of thioether (sulfide) groups is 1. The fraction of sp³-hybridized carbons (Fsp3) is 0.333. The lowest BCUT2D eigenvalue weighted by Crippen LogP contribution is -2.44. The molecule has 1 atom stereocenters. The van der Waals surface area contributed by atoms with Crippen molar-refractivity contribution in [2.75, 3.05) is 13.1 Å². The van der Waals surface area contributed by atoms with E-state index in [1.807, 2.05) is 53.6 Å². The highest BCUT2D eigenvalue weighted by molar-refractivity contribution is 8.00. The Balaban J connectivity index is 1.55. The van der Waals surface area contributed by atoms with E-state index in [2.05, 4.69) is 0 Å². The molecule has 1 aliphatic rings. The summed E-state index contributed by atoms with van der Waals surface area (Å²) in [6.45, 7) is 3.06. The van der Waals surface area contributed by atoms with Crippen LogP contribution in [0.5, 0.6) is 0 Å². The third-order valence-electron chi connectivity index (χ3n) is 5.15. The van der Waals surface area contributed by atoms with Crippen LogP contribution in [0.1, 0.15) is 19.8 Å². The number of hydrogen-bond donors (Lipinski definition) is 1. The number of fused-ring (bicyclic) bond motifs is 1. The van der Waals surface area contributed by atoms with Gasteiger partial charge in [0.1, 0.15) is 5.03 Å². The van der Waals surface area contributed by atoms with E-state index in [9.17, 15) is 9.59 Å². The van der Waals surface area contributed by atoms with Gasteiger partial charge in [-0.25, -0.2) is 9.97 Å². The maximum Gasteiger partial charge on any atom is 0.235 e. The summed E-state index contributed by atoms with van der Waals surface area (Å²) in [5.74, 6) is 0.357. The van der Waals surface area contributed by atoms with Gasteiger partial charge in [-0.05, 0) is 37.3 Å². The maximum atomic E-state index is 13.0. The zero-order chi connectivity index (χ0) is 20.4. The number of para-hydroxylation sites is 1. The Bertz CT molecular complexity index is 1030. The summed E-state index contributed by atoms with van der Waals surface area (Å²) >= 11 is 3.06. The van der Waals surface area contributed by atoms with E-state index in [-0.39, 0.29) is 23.0 Å². The van der Waals surface area contributed by atoms with Gasteiger partial charge in [-0.1, -0.05) is 36.0 Å². The number of hydrogen-bond acceptors (Lipinski definition) is 6. The number of carbonyl (C=O) groups excluding carboxylic acids is 2. The lowest BCUT2D eigenvalue weighted by molar-refractivity contribution is -0.134. The number of amides is 2. The largest absolute Gasteiger partial charge is 0.369 e. The lowest BCUT2D eigenvalue weighted by Gasteiger charge is -2.32. The van der Waals surface area contributed by atoms with Crippen LogP contribution in [0, 0.1) is 5.92 Å². The first-order chi connectivity index (χ1) is 14.0. The van der Waals surface area contributed by atoms with Crippen molar-refractivity contribution in [3.05, 3.63) is 41.8 Å². The molecule has 1 aliphatic heterocycles. The highest BCUT2D eigenvalue weighted by Gasteiger charge is 2.29. The van der Waals surface area contributed by atoms with E-state index in [1.165, 1.54) is 11.8 Å². The number of benzene rings is 1. The van der Waals surface area contributed by atoms with E-state index >= 15 is 0 Å². The van der Waals surface area contributed by atoms with Gasteiger partial charge in [-0.3, -0.25) is 9.59 Å². The molecule has 4 rings (SSSR count). The molecule has 6 nitrogen and oxygen atoms in total. The van der Waals surface area contributed by atoms with Crippen molar-refractivity contribution < 1.29 is 9.59 Å². The van der Waals surface area contributed by atoms with E-state index in [0.717, 1.165) is 20.8 Å². The molecule has 1 unspecified atom stereocenters. The minimum Gasteiger partial charge on any atom is -0.369 e. The van der Waals surface area contributed by atoms with Crippen LogP contribution in [-0.2, 0) is 9.59 Å². The summed E-state index contributed by atoms with van der Waals surface area (Å²) in [4.78, 5) is 36.6. The van der Waals surface area contributed by atoms with Crippen molar-refractivity contribution in [2.24, 2.45) is 11.7 Å². The third-order valence-corrected chi connectivity index (χ3v) is 7.11. The number of likely N-dealkylation sites (tertiary alicyclic amines) is 1. The van der Waals surface area contributed by atoms with Crippen molar-refractivity contribution in [3.63, 3.8) is 0 Å². The number of aromatic nitrogens is 2. The van der Waals surface area contributed by atoms with Crippen LogP contribution in [0.2, 0.25) is 0 Å². The highest BCUT2D eigenvalue weighted by atomic mass is 32.2. The standard InChI is InChI=1S/C21H22N4O2S2/c1-13(21(27)25-10-8-14(9-11-25)18(22)26)29-20-15-5-2-3-6-16(15)23-19(24-20)17-7-4-12-28-17/h2-7,12-14H,8-11H2,1H3,(H2,22,26). The Morgan fingerprint density at radius 2 is 1.93 bits per heavy atom. The van der Waals surface area contributed by atoms with Crippen LogP contribution in [0.15, 0.2) is 46.8 Å². The summed E-state index contributed by atoms with van der Waals surface area (Å²) in [7, 11) is 0. The molecule has 2 amide bonds. The second-order valence-corrected chi connectivity index (χ2v) is 9.39. The minimum absolute atomic E-state index is 0.0679. The average Bonchev–Trinajstić information content (AvgIpc) is 3.28. The molecule has 8 heteroatoms. The topological polar surface area (TPSA) is 89.2 Å². The number of piperidine rings is 1. The smallest absolute Gasteiger partial charge is 0.235 e. The van der Waals surface area contributed by atoms with Gasteiger partial charge in [0.05, 0.1) is 15.6 Å². The van der Waals surface area contributed by atoms with Crippen LogP contribution < -0.4 is 5.73 Å². The number of nitrogens with zero attached hydrogens (tertiary/aromatic N) is 3. The van der Waals surface area contributed by atoms with Crippen molar-refractivity contribution in [1.82, 2.24) is 14.9 Å². The molecular weight excluding hydrogens is 404 g/mol. The molecule has 0 radical (unpaired) electrons. The summed E-state index contributed by atoms with van der Waals surface area (Å²) in [5.41, 5.74) is 6.27. The summed E-state index contributed by atoms with van der Waals surface area (Å²) in [5, 5.41) is 3.48. The first-order valence-corrected chi connectivity index (χ1v) is 11.3.